The first kappa shape index (κ1) is 18.3. The zero-order valence-corrected chi connectivity index (χ0v) is 16.4. The standard InChI is InChI=1S/C20H20N2O3S2/c23-27(24)11-10-16(14-27)12-19-21-22-20(25-19)26-13-15-6-8-18(9-7-15)17-4-2-1-3-5-17/h1-9,16H,10-14H2/t16-/m1/s1. The fourth-order valence-corrected chi connectivity index (χ4v) is 5.83. The van der Waals surface area contributed by atoms with Gasteiger partial charge in [0.2, 0.25) is 5.89 Å². The highest BCUT2D eigenvalue weighted by molar-refractivity contribution is 7.98. The predicted molar refractivity (Wildman–Crippen MR) is 106 cm³/mol. The zero-order chi connectivity index (χ0) is 18.7. The van der Waals surface area contributed by atoms with Crippen LogP contribution in [-0.4, -0.2) is 30.1 Å². The normalized spacial score (nSPS) is 18.6. The molecule has 1 fully saturated rings. The van der Waals surface area contributed by atoms with Crippen molar-refractivity contribution in [3.8, 4) is 11.1 Å². The Morgan fingerprint density at radius 3 is 2.44 bits per heavy atom. The molecule has 0 N–H and O–H groups in total. The Bertz CT molecular complexity index is 999. The molecule has 0 spiro atoms. The lowest BCUT2D eigenvalue weighted by Crippen LogP contribution is -2.07. The molecule has 3 aromatic rings. The van der Waals surface area contributed by atoms with Crippen LogP contribution in [-0.2, 0) is 22.0 Å². The Hall–Kier alpha value is -2.12. The summed E-state index contributed by atoms with van der Waals surface area (Å²) in [5, 5.41) is 8.66. The van der Waals surface area contributed by atoms with Gasteiger partial charge in [-0.05, 0) is 29.0 Å². The van der Waals surface area contributed by atoms with Gasteiger partial charge in [0.25, 0.3) is 5.22 Å². The van der Waals surface area contributed by atoms with E-state index in [0.29, 0.717) is 24.0 Å². The van der Waals surface area contributed by atoms with Crippen LogP contribution < -0.4 is 0 Å². The molecule has 0 unspecified atom stereocenters. The number of hydrogen-bond acceptors (Lipinski definition) is 6. The van der Waals surface area contributed by atoms with Crippen LogP contribution in [0, 0.1) is 5.92 Å². The minimum Gasteiger partial charge on any atom is -0.416 e. The number of hydrogen-bond donors (Lipinski definition) is 0. The van der Waals surface area contributed by atoms with Crippen molar-refractivity contribution in [1.29, 1.82) is 0 Å². The summed E-state index contributed by atoms with van der Waals surface area (Å²) < 4.78 is 28.8. The van der Waals surface area contributed by atoms with Crippen molar-refractivity contribution in [2.45, 2.75) is 23.8 Å². The number of benzene rings is 2. The minimum absolute atomic E-state index is 0.0961. The third-order valence-corrected chi connectivity index (χ3v) is 7.39. The molecule has 0 saturated carbocycles. The smallest absolute Gasteiger partial charge is 0.276 e. The molecular formula is C20H20N2O3S2. The molecule has 27 heavy (non-hydrogen) atoms. The summed E-state index contributed by atoms with van der Waals surface area (Å²) in [7, 11) is -2.87. The van der Waals surface area contributed by atoms with E-state index in [2.05, 4.69) is 46.6 Å². The Labute approximate surface area is 163 Å². The second kappa shape index (κ2) is 7.86. The molecule has 0 bridgehead atoms. The molecule has 0 radical (unpaired) electrons. The van der Waals surface area contributed by atoms with Crippen LogP contribution in [0.15, 0.2) is 64.2 Å². The number of sulfone groups is 1. The summed E-state index contributed by atoms with van der Waals surface area (Å²) in [6.45, 7) is 0. The van der Waals surface area contributed by atoms with E-state index in [4.69, 9.17) is 4.42 Å². The van der Waals surface area contributed by atoms with E-state index in [1.165, 1.54) is 28.5 Å². The quantitative estimate of drug-likeness (QED) is 0.582. The molecule has 2 heterocycles. The molecule has 1 saturated heterocycles. The van der Waals surface area contributed by atoms with Gasteiger partial charge in [0.1, 0.15) is 0 Å². The molecule has 1 aliphatic rings. The summed E-state index contributed by atoms with van der Waals surface area (Å²) in [6.07, 6.45) is 1.22. The summed E-state index contributed by atoms with van der Waals surface area (Å²) in [6, 6.07) is 18.7. The van der Waals surface area contributed by atoms with E-state index < -0.39 is 9.84 Å². The van der Waals surface area contributed by atoms with Gasteiger partial charge in [0.05, 0.1) is 11.5 Å². The largest absolute Gasteiger partial charge is 0.416 e. The highest BCUT2D eigenvalue weighted by Crippen LogP contribution is 2.26. The molecule has 5 nitrogen and oxygen atoms in total. The number of aromatic nitrogens is 2. The maximum atomic E-state index is 11.5. The van der Waals surface area contributed by atoms with E-state index in [-0.39, 0.29) is 17.4 Å². The van der Waals surface area contributed by atoms with E-state index in [1.807, 2.05) is 18.2 Å². The highest BCUT2D eigenvalue weighted by atomic mass is 32.2. The zero-order valence-electron chi connectivity index (χ0n) is 14.7. The van der Waals surface area contributed by atoms with Crippen LogP contribution in [0.25, 0.3) is 11.1 Å². The fourth-order valence-electron chi connectivity index (χ4n) is 3.23. The Morgan fingerprint density at radius 2 is 1.74 bits per heavy atom. The van der Waals surface area contributed by atoms with Gasteiger partial charge in [0, 0.05) is 12.2 Å². The van der Waals surface area contributed by atoms with Crippen LogP contribution in [0.1, 0.15) is 17.9 Å². The minimum atomic E-state index is -2.87. The van der Waals surface area contributed by atoms with E-state index in [0.717, 1.165) is 5.75 Å². The van der Waals surface area contributed by atoms with Crippen molar-refractivity contribution in [1.82, 2.24) is 10.2 Å². The van der Waals surface area contributed by atoms with Crippen LogP contribution in [0.5, 0.6) is 0 Å². The molecule has 2 aromatic carbocycles. The Balaban J connectivity index is 1.32. The summed E-state index contributed by atoms with van der Waals surface area (Å²) in [4.78, 5) is 0. The lowest BCUT2D eigenvalue weighted by Gasteiger charge is -2.03. The van der Waals surface area contributed by atoms with Crippen molar-refractivity contribution in [3.05, 3.63) is 66.1 Å². The first-order valence-electron chi connectivity index (χ1n) is 8.87. The molecule has 0 amide bonds. The molecule has 1 aliphatic heterocycles. The Kier molecular flexibility index (Phi) is 5.31. The van der Waals surface area contributed by atoms with Gasteiger partial charge in [-0.2, -0.15) is 0 Å². The average molecular weight is 401 g/mol. The van der Waals surface area contributed by atoms with Crippen LogP contribution in [0.4, 0.5) is 0 Å². The van der Waals surface area contributed by atoms with Gasteiger partial charge >= 0.3 is 0 Å². The first-order chi connectivity index (χ1) is 13.1. The fraction of sp³-hybridized carbons (Fsp3) is 0.300. The van der Waals surface area contributed by atoms with Crippen LogP contribution in [0.2, 0.25) is 0 Å². The van der Waals surface area contributed by atoms with Gasteiger partial charge < -0.3 is 4.42 Å². The third-order valence-electron chi connectivity index (χ3n) is 4.66. The van der Waals surface area contributed by atoms with Gasteiger partial charge in [-0.25, -0.2) is 8.42 Å². The monoisotopic (exact) mass is 400 g/mol. The lowest BCUT2D eigenvalue weighted by atomic mass is 10.0. The first-order valence-corrected chi connectivity index (χ1v) is 11.7. The van der Waals surface area contributed by atoms with Crippen LogP contribution >= 0.6 is 11.8 Å². The predicted octanol–water partition coefficient (Wildman–Crippen LogP) is 4.01. The molecular weight excluding hydrogens is 380 g/mol. The SMILES string of the molecule is O=S1(=O)CC[C@H](Cc2nnc(SCc3ccc(-c4ccccc4)cc3)o2)C1. The third kappa shape index (κ3) is 4.78. The average Bonchev–Trinajstić information content (AvgIpc) is 3.27. The van der Waals surface area contributed by atoms with Crippen LogP contribution in [0.3, 0.4) is 0 Å². The number of thioether (sulfide) groups is 1. The second-order valence-electron chi connectivity index (χ2n) is 6.79. The topological polar surface area (TPSA) is 73.1 Å². The second-order valence-corrected chi connectivity index (χ2v) is 9.94. The molecule has 7 heteroatoms. The van der Waals surface area contributed by atoms with Gasteiger partial charge in [-0.1, -0.05) is 66.4 Å². The summed E-state index contributed by atoms with van der Waals surface area (Å²) in [5.74, 6) is 1.87. The van der Waals surface area contributed by atoms with Crippen molar-refractivity contribution >= 4 is 21.6 Å². The summed E-state index contributed by atoms with van der Waals surface area (Å²) >= 11 is 1.50. The molecule has 140 valence electrons. The number of nitrogens with zero attached hydrogens (tertiary/aromatic N) is 2. The maximum absolute atomic E-state index is 11.5. The van der Waals surface area contributed by atoms with Crippen molar-refractivity contribution < 1.29 is 12.8 Å². The van der Waals surface area contributed by atoms with E-state index >= 15 is 0 Å². The van der Waals surface area contributed by atoms with E-state index in [1.54, 1.807) is 0 Å². The van der Waals surface area contributed by atoms with Crippen molar-refractivity contribution in [2.24, 2.45) is 5.92 Å². The summed E-state index contributed by atoms with van der Waals surface area (Å²) in [5.41, 5.74) is 3.57. The molecule has 4 rings (SSSR count). The van der Waals surface area contributed by atoms with Gasteiger partial charge in [0.15, 0.2) is 9.84 Å². The van der Waals surface area contributed by atoms with Crippen molar-refractivity contribution in [2.75, 3.05) is 11.5 Å². The van der Waals surface area contributed by atoms with E-state index in [9.17, 15) is 8.42 Å². The van der Waals surface area contributed by atoms with Gasteiger partial charge in [-0.15, -0.1) is 10.2 Å². The van der Waals surface area contributed by atoms with Gasteiger partial charge in [-0.3, -0.25) is 0 Å². The number of rotatable bonds is 6. The Morgan fingerprint density at radius 1 is 1.00 bits per heavy atom. The molecule has 1 atom stereocenters. The maximum Gasteiger partial charge on any atom is 0.276 e. The van der Waals surface area contributed by atoms with Crippen molar-refractivity contribution in [3.63, 3.8) is 0 Å². The lowest BCUT2D eigenvalue weighted by molar-refractivity contribution is 0.389. The molecule has 0 aliphatic carbocycles. The highest BCUT2D eigenvalue weighted by Gasteiger charge is 2.29. The molecule has 1 aromatic heterocycles.